The molecule has 0 heterocycles. The number of rotatable bonds is 5. The number of esters is 1. The molecule has 1 aromatic rings. The molecule has 1 fully saturated rings. The Morgan fingerprint density at radius 1 is 1.36 bits per heavy atom. The lowest BCUT2D eigenvalue weighted by Crippen LogP contribution is -2.46. The van der Waals surface area contributed by atoms with Crippen LogP contribution in [0.25, 0.3) is 0 Å². The number of nitrogens with one attached hydrogen (secondary N) is 1. The van der Waals surface area contributed by atoms with E-state index in [9.17, 15) is 19.7 Å². The first-order valence-electron chi connectivity index (χ1n) is 8.25. The topological polar surface area (TPSA) is 98.5 Å². The first kappa shape index (κ1) is 19.2. The lowest BCUT2D eigenvalue weighted by atomic mass is 9.86. The highest BCUT2D eigenvalue weighted by Crippen LogP contribution is 2.25. The third-order valence-corrected chi connectivity index (χ3v) is 4.70. The lowest BCUT2D eigenvalue weighted by Gasteiger charge is -2.30. The van der Waals surface area contributed by atoms with Crippen LogP contribution in [0, 0.1) is 16.0 Å². The van der Waals surface area contributed by atoms with Gasteiger partial charge in [-0.25, -0.2) is 4.79 Å². The zero-order valence-electron chi connectivity index (χ0n) is 14.2. The maximum atomic E-state index is 12.3. The first-order valence-corrected chi connectivity index (χ1v) is 8.62. The number of benzene rings is 1. The van der Waals surface area contributed by atoms with E-state index >= 15 is 0 Å². The van der Waals surface area contributed by atoms with Gasteiger partial charge in [-0.15, -0.1) is 0 Å². The van der Waals surface area contributed by atoms with Crippen LogP contribution >= 0.6 is 11.6 Å². The molecule has 136 valence electrons. The average Bonchev–Trinajstić information content (AvgIpc) is 2.56. The van der Waals surface area contributed by atoms with Crippen LogP contribution in [0.15, 0.2) is 18.2 Å². The van der Waals surface area contributed by atoms with Gasteiger partial charge in [0.2, 0.25) is 0 Å². The van der Waals surface area contributed by atoms with Gasteiger partial charge in [-0.3, -0.25) is 14.9 Å². The van der Waals surface area contributed by atoms with Gasteiger partial charge in [0.15, 0.2) is 6.10 Å². The second-order valence-electron chi connectivity index (χ2n) is 6.34. The summed E-state index contributed by atoms with van der Waals surface area (Å²) in [5, 5.41) is 14.1. The number of nitro groups is 1. The van der Waals surface area contributed by atoms with Crippen molar-refractivity contribution in [3.05, 3.63) is 38.9 Å². The van der Waals surface area contributed by atoms with Gasteiger partial charge in [0, 0.05) is 17.1 Å². The number of carbonyl (C=O) groups excluding carboxylic acids is 2. The Balaban J connectivity index is 2.03. The van der Waals surface area contributed by atoms with Gasteiger partial charge in [0.25, 0.3) is 11.6 Å². The van der Waals surface area contributed by atoms with Crippen molar-refractivity contribution in [2.75, 3.05) is 0 Å². The molecule has 2 rings (SSSR count). The van der Waals surface area contributed by atoms with Crippen LogP contribution in [0.2, 0.25) is 5.02 Å². The molecule has 7 nitrogen and oxygen atoms in total. The van der Waals surface area contributed by atoms with Crippen LogP contribution in [0.5, 0.6) is 0 Å². The summed E-state index contributed by atoms with van der Waals surface area (Å²) in [4.78, 5) is 34.8. The maximum absolute atomic E-state index is 12.3. The van der Waals surface area contributed by atoms with E-state index < -0.39 is 28.6 Å². The Morgan fingerprint density at radius 3 is 2.68 bits per heavy atom. The summed E-state index contributed by atoms with van der Waals surface area (Å²) in [6, 6.07) is 3.67. The Bertz CT molecular complexity index is 679. The van der Waals surface area contributed by atoms with Gasteiger partial charge in [0.1, 0.15) is 5.56 Å². The summed E-state index contributed by atoms with van der Waals surface area (Å²) < 4.78 is 5.11. The summed E-state index contributed by atoms with van der Waals surface area (Å²) in [6.45, 7) is 3.52. The fourth-order valence-electron chi connectivity index (χ4n) is 2.94. The number of carbonyl (C=O) groups is 2. The van der Waals surface area contributed by atoms with Gasteiger partial charge in [-0.2, -0.15) is 0 Å². The monoisotopic (exact) mass is 368 g/mol. The maximum Gasteiger partial charge on any atom is 0.345 e. The third kappa shape index (κ3) is 4.92. The Kier molecular flexibility index (Phi) is 6.36. The second kappa shape index (κ2) is 8.29. The normalized spacial score (nSPS) is 21.2. The molecule has 8 heteroatoms. The number of nitro benzene ring substituents is 1. The third-order valence-electron chi connectivity index (χ3n) is 4.47. The molecule has 0 radical (unpaired) electrons. The Hall–Kier alpha value is -2.15. The molecule has 0 spiro atoms. The van der Waals surface area contributed by atoms with Crippen LogP contribution in [-0.2, 0) is 9.53 Å². The van der Waals surface area contributed by atoms with E-state index in [1.807, 2.05) is 0 Å². The molecule has 25 heavy (non-hydrogen) atoms. The number of nitrogens with zero attached hydrogens (tertiary/aromatic N) is 1. The number of hydrogen-bond acceptors (Lipinski definition) is 5. The molecule has 3 atom stereocenters. The second-order valence-corrected chi connectivity index (χ2v) is 6.78. The number of hydrogen-bond donors (Lipinski definition) is 1. The highest BCUT2D eigenvalue weighted by Gasteiger charge is 2.28. The van der Waals surface area contributed by atoms with E-state index in [1.165, 1.54) is 13.0 Å². The van der Waals surface area contributed by atoms with E-state index in [2.05, 4.69) is 12.2 Å². The predicted molar refractivity (Wildman–Crippen MR) is 92.5 cm³/mol. The number of amides is 1. The van der Waals surface area contributed by atoms with Crippen molar-refractivity contribution in [1.82, 2.24) is 5.32 Å². The van der Waals surface area contributed by atoms with Crippen molar-refractivity contribution >= 4 is 29.2 Å². The zero-order chi connectivity index (χ0) is 18.6. The molecule has 1 N–H and O–H groups in total. The predicted octanol–water partition coefficient (Wildman–Crippen LogP) is 3.49. The van der Waals surface area contributed by atoms with Gasteiger partial charge < -0.3 is 10.1 Å². The number of ether oxygens (including phenoxy) is 1. The molecule has 1 saturated carbocycles. The van der Waals surface area contributed by atoms with Crippen molar-refractivity contribution in [1.29, 1.82) is 0 Å². The molecule has 0 aliphatic heterocycles. The van der Waals surface area contributed by atoms with Crippen LogP contribution in [0.4, 0.5) is 5.69 Å². The fourth-order valence-corrected chi connectivity index (χ4v) is 3.11. The molecular formula is C17H21ClN2O5. The van der Waals surface area contributed by atoms with E-state index in [1.54, 1.807) is 0 Å². The van der Waals surface area contributed by atoms with E-state index in [-0.39, 0.29) is 16.6 Å². The number of halogens is 1. The zero-order valence-corrected chi connectivity index (χ0v) is 14.9. The van der Waals surface area contributed by atoms with Crippen molar-refractivity contribution in [3.63, 3.8) is 0 Å². The van der Waals surface area contributed by atoms with Gasteiger partial charge in [-0.05, 0) is 37.8 Å². The van der Waals surface area contributed by atoms with Crippen molar-refractivity contribution in [3.8, 4) is 0 Å². The highest BCUT2D eigenvalue weighted by atomic mass is 35.5. The van der Waals surface area contributed by atoms with E-state index in [0.29, 0.717) is 5.92 Å². The van der Waals surface area contributed by atoms with Crippen LogP contribution in [0.1, 0.15) is 49.9 Å². The minimum atomic E-state index is -1.06. The molecule has 1 aliphatic carbocycles. The van der Waals surface area contributed by atoms with Gasteiger partial charge >= 0.3 is 5.97 Å². The quantitative estimate of drug-likeness (QED) is 0.487. The average molecular weight is 369 g/mol. The summed E-state index contributed by atoms with van der Waals surface area (Å²) in [7, 11) is 0. The van der Waals surface area contributed by atoms with Crippen LogP contribution in [-0.4, -0.2) is 28.9 Å². The molecule has 0 aromatic heterocycles. The van der Waals surface area contributed by atoms with Crippen molar-refractivity contribution in [2.24, 2.45) is 5.92 Å². The molecular weight excluding hydrogens is 348 g/mol. The van der Waals surface area contributed by atoms with E-state index in [0.717, 1.165) is 37.8 Å². The first-order chi connectivity index (χ1) is 11.8. The molecule has 1 aromatic carbocycles. The molecule has 0 unspecified atom stereocenters. The Labute approximate surface area is 150 Å². The molecule has 0 bridgehead atoms. The Morgan fingerprint density at radius 2 is 2.04 bits per heavy atom. The van der Waals surface area contributed by atoms with Gasteiger partial charge in [-0.1, -0.05) is 31.4 Å². The smallest absolute Gasteiger partial charge is 0.345 e. The molecule has 1 amide bonds. The fraction of sp³-hybridized carbons (Fsp3) is 0.529. The SMILES string of the molecule is C[C@@H]1CCCC[C@@H]1NC(=O)[C@@H](C)OC(=O)c1cc(Cl)ccc1[N+](=O)[O-]. The highest BCUT2D eigenvalue weighted by molar-refractivity contribution is 6.31. The lowest BCUT2D eigenvalue weighted by molar-refractivity contribution is -0.385. The van der Waals surface area contributed by atoms with Gasteiger partial charge in [0.05, 0.1) is 4.92 Å². The summed E-state index contributed by atoms with van der Waals surface area (Å²) in [6.07, 6.45) is 3.09. The van der Waals surface area contributed by atoms with Crippen molar-refractivity contribution in [2.45, 2.75) is 51.7 Å². The van der Waals surface area contributed by atoms with Crippen molar-refractivity contribution < 1.29 is 19.2 Å². The van der Waals surface area contributed by atoms with E-state index in [4.69, 9.17) is 16.3 Å². The largest absolute Gasteiger partial charge is 0.449 e. The molecule has 0 saturated heterocycles. The summed E-state index contributed by atoms with van der Waals surface area (Å²) in [5.41, 5.74) is -0.689. The standard InChI is InChI=1S/C17H21ClN2O5/c1-10-5-3-4-6-14(10)19-16(21)11(2)25-17(22)13-9-12(18)7-8-15(13)20(23)24/h7-11,14H,3-6H2,1-2H3,(H,19,21)/t10-,11-,14+/m1/s1. The minimum Gasteiger partial charge on any atom is -0.449 e. The van der Waals surface area contributed by atoms with Crippen LogP contribution < -0.4 is 5.32 Å². The molecule has 1 aliphatic rings. The summed E-state index contributed by atoms with van der Waals surface area (Å²) >= 11 is 5.80. The van der Waals surface area contributed by atoms with Crippen LogP contribution in [0.3, 0.4) is 0 Å². The summed E-state index contributed by atoms with van der Waals surface area (Å²) in [5.74, 6) is -0.986. The minimum absolute atomic E-state index is 0.0582.